The third-order valence-electron chi connectivity index (χ3n) is 8.31. The lowest BCUT2D eigenvalue weighted by Crippen LogP contribution is -2.49. The van der Waals surface area contributed by atoms with Gasteiger partial charge >= 0.3 is 0 Å². The average molecular weight is 557 g/mol. The van der Waals surface area contributed by atoms with Crippen molar-refractivity contribution in [3.8, 4) is 11.1 Å². The van der Waals surface area contributed by atoms with Gasteiger partial charge in [-0.25, -0.2) is 9.97 Å². The van der Waals surface area contributed by atoms with Gasteiger partial charge in [0.1, 0.15) is 11.6 Å². The smallest absolute Gasteiger partial charge is 0.152 e. The number of fused-ring (bicyclic) bond motifs is 1. The van der Waals surface area contributed by atoms with Gasteiger partial charge in [0.2, 0.25) is 0 Å². The van der Waals surface area contributed by atoms with E-state index in [2.05, 4.69) is 67.1 Å². The minimum atomic E-state index is -0.903. The molecule has 0 spiro atoms. The molecule has 1 aromatic carbocycles. The van der Waals surface area contributed by atoms with Crippen molar-refractivity contribution >= 4 is 22.4 Å². The number of aryl methyl sites for hydroxylation is 1. The van der Waals surface area contributed by atoms with Gasteiger partial charge in [0.15, 0.2) is 6.23 Å². The Bertz CT molecular complexity index is 1470. The lowest BCUT2D eigenvalue weighted by Gasteiger charge is -2.37. The predicted molar refractivity (Wildman–Crippen MR) is 162 cm³/mol. The molecule has 41 heavy (non-hydrogen) atoms. The van der Waals surface area contributed by atoms with Crippen LogP contribution in [-0.4, -0.2) is 93.2 Å². The van der Waals surface area contributed by atoms with E-state index in [9.17, 15) is 5.11 Å². The Balaban J connectivity index is 1.18. The van der Waals surface area contributed by atoms with Crippen LogP contribution < -0.4 is 10.2 Å². The van der Waals surface area contributed by atoms with E-state index in [1.54, 1.807) is 6.20 Å². The van der Waals surface area contributed by atoms with Crippen molar-refractivity contribution < 1.29 is 9.84 Å². The number of pyridine rings is 2. The van der Waals surface area contributed by atoms with Crippen LogP contribution in [0, 0.1) is 0 Å². The molecule has 2 aliphatic rings. The topological polar surface area (TPSA) is 94.8 Å². The Morgan fingerprint density at radius 2 is 1.73 bits per heavy atom. The molecule has 216 valence electrons. The molecule has 2 saturated heterocycles. The van der Waals surface area contributed by atoms with E-state index in [0.29, 0.717) is 11.9 Å². The zero-order valence-corrected chi connectivity index (χ0v) is 24.2. The Kier molecular flexibility index (Phi) is 8.16. The van der Waals surface area contributed by atoms with Crippen molar-refractivity contribution in [1.82, 2.24) is 29.5 Å². The second kappa shape index (κ2) is 12.1. The molecule has 10 heteroatoms. The quantitative estimate of drug-likeness (QED) is 0.316. The molecule has 5 heterocycles. The molecule has 2 N–H and O–H groups in total. The standard InChI is InChI=1S/C31H40N8O2/c1-22(2)38-8-10-39(11-9-38)30-18-24(6-7-32-30)31(40)35-29-17-26-16-23(4-5-25(26)19-33-29)27-20-34-36(3)28(27)21-37-12-14-41-15-13-37/h4-7,16-20,22,31,40H,8-15,21H2,1-3H3,(H,33,35). The van der Waals surface area contributed by atoms with E-state index in [-0.39, 0.29) is 0 Å². The number of nitrogens with zero attached hydrogens (tertiary/aromatic N) is 7. The van der Waals surface area contributed by atoms with Crippen LogP contribution in [0.3, 0.4) is 0 Å². The number of aliphatic hydroxyl groups excluding tert-OH is 1. The highest BCUT2D eigenvalue weighted by molar-refractivity contribution is 5.88. The van der Waals surface area contributed by atoms with Gasteiger partial charge in [-0.1, -0.05) is 12.1 Å². The Morgan fingerprint density at radius 3 is 2.51 bits per heavy atom. The first kappa shape index (κ1) is 27.6. The third-order valence-corrected chi connectivity index (χ3v) is 8.31. The van der Waals surface area contributed by atoms with E-state index >= 15 is 0 Å². The molecule has 1 atom stereocenters. The molecule has 0 amide bonds. The summed E-state index contributed by atoms with van der Waals surface area (Å²) in [6, 6.07) is 12.8. The number of benzene rings is 1. The first-order valence-electron chi connectivity index (χ1n) is 14.6. The molecule has 2 aliphatic heterocycles. The van der Waals surface area contributed by atoms with Crippen LogP contribution in [0.2, 0.25) is 0 Å². The molecule has 1 unspecified atom stereocenters. The van der Waals surface area contributed by atoms with Gasteiger partial charge in [0, 0.05) is 87.8 Å². The zero-order chi connectivity index (χ0) is 28.3. The third kappa shape index (κ3) is 6.20. The number of anilines is 2. The summed E-state index contributed by atoms with van der Waals surface area (Å²) in [5.41, 5.74) is 4.20. The highest BCUT2D eigenvalue weighted by atomic mass is 16.5. The van der Waals surface area contributed by atoms with Crippen molar-refractivity contribution in [2.75, 3.05) is 62.7 Å². The number of hydrogen-bond donors (Lipinski definition) is 2. The maximum Gasteiger partial charge on any atom is 0.152 e. The average Bonchev–Trinajstić information content (AvgIpc) is 3.36. The molecule has 4 aromatic rings. The highest BCUT2D eigenvalue weighted by Gasteiger charge is 2.21. The largest absolute Gasteiger partial charge is 0.379 e. The fourth-order valence-electron chi connectivity index (χ4n) is 5.72. The van der Waals surface area contributed by atoms with E-state index in [1.165, 1.54) is 5.69 Å². The fraction of sp³-hybridized carbons (Fsp3) is 0.452. The maximum absolute atomic E-state index is 11.1. The normalized spacial score (nSPS) is 17.8. The van der Waals surface area contributed by atoms with Crippen LogP contribution in [0.4, 0.5) is 11.6 Å². The second-order valence-electron chi connectivity index (χ2n) is 11.3. The summed E-state index contributed by atoms with van der Waals surface area (Å²) >= 11 is 0. The number of aliphatic hydroxyl groups is 1. The fourth-order valence-corrected chi connectivity index (χ4v) is 5.72. The monoisotopic (exact) mass is 556 g/mol. The summed E-state index contributed by atoms with van der Waals surface area (Å²) in [7, 11) is 2.00. The van der Waals surface area contributed by atoms with Crippen molar-refractivity contribution in [1.29, 1.82) is 0 Å². The summed E-state index contributed by atoms with van der Waals surface area (Å²) in [5.74, 6) is 1.51. The molecule has 0 aliphatic carbocycles. The van der Waals surface area contributed by atoms with Crippen LogP contribution in [0.25, 0.3) is 21.9 Å². The zero-order valence-electron chi connectivity index (χ0n) is 24.2. The summed E-state index contributed by atoms with van der Waals surface area (Å²) in [4.78, 5) is 16.3. The van der Waals surface area contributed by atoms with Gasteiger partial charge in [-0.05, 0) is 49.1 Å². The Hall–Kier alpha value is -3.57. The Labute approximate surface area is 241 Å². The first-order chi connectivity index (χ1) is 19.9. The molecule has 0 bridgehead atoms. The molecular formula is C31H40N8O2. The van der Waals surface area contributed by atoms with E-state index in [4.69, 9.17) is 4.74 Å². The van der Waals surface area contributed by atoms with Gasteiger partial charge in [0.25, 0.3) is 0 Å². The molecule has 0 saturated carbocycles. The van der Waals surface area contributed by atoms with Crippen molar-refractivity contribution in [3.63, 3.8) is 0 Å². The molecule has 10 nitrogen and oxygen atoms in total. The maximum atomic E-state index is 11.1. The molecular weight excluding hydrogens is 516 g/mol. The van der Waals surface area contributed by atoms with Gasteiger partial charge < -0.3 is 20.1 Å². The van der Waals surface area contributed by atoms with Gasteiger partial charge in [-0.2, -0.15) is 5.10 Å². The van der Waals surface area contributed by atoms with Crippen LogP contribution in [0.15, 0.2) is 55.0 Å². The van der Waals surface area contributed by atoms with Crippen LogP contribution in [-0.2, 0) is 18.3 Å². The van der Waals surface area contributed by atoms with Crippen molar-refractivity contribution in [3.05, 3.63) is 66.2 Å². The number of piperazine rings is 1. The minimum absolute atomic E-state index is 0.550. The first-order valence-corrected chi connectivity index (χ1v) is 14.6. The lowest BCUT2D eigenvalue weighted by atomic mass is 10.0. The van der Waals surface area contributed by atoms with E-state index < -0.39 is 6.23 Å². The summed E-state index contributed by atoms with van der Waals surface area (Å²) in [6.45, 7) is 12.6. The van der Waals surface area contributed by atoms with E-state index in [0.717, 1.165) is 92.3 Å². The van der Waals surface area contributed by atoms with Crippen LogP contribution in [0.1, 0.15) is 31.3 Å². The number of aromatic nitrogens is 4. The van der Waals surface area contributed by atoms with E-state index in [1.807, 2.05) is 42.3 Å². The van der Waals surface area contributed by atoms with Gasteiger partial charge in [-0.3, -0.25) is 14.5 Å². The van der Waals surface area contributed by atoms with Crippen molar-refractivity contribution in [2.24, 2.45) is 7.05 Å². The number of ether oxygens (including phenoxy) is 1. The number of rotatable bonds is 8. The summed E-state index contributed by atoms with van der Waals surface area (Å²) in [6.07, 6.45) is 4.66. The van der Waals surface area contributed by atoms with Gasteiger partial charge in [-0.15, -0.1) is 0 Å². The lowest BCUT2D eigenvalue weighted by molar-refractivity contribution is 0.0332. The number of nitrogens with one attached hydrogen (secondary N) is 1. The molecule has 3 aromatic heterocycles. The Morgan fingerprint density at radius 1 is 0.927 bits per heavy atom. The van der Waals surface area contributed by atoms with Crippen molar-refractivity contribution in [2.45, 2.75) is 32.7 Å². The predicted octanol–water partition coefficient (Wildman–Crippen LogP) is 3.50. The molecule has 2 fully saturated rings. The summed E-state index contributed by atoms with van der Waals surface area (Å²) < 4.78 is 7.49. The molecule has 0 radical (unpaired) electrons. The van der Waals surface area contributed by atoms with Crippen LogP contribution in [0.5, 0.6) is 0 Å². The minimum Gasteiger partial charge on any atom is -0.379 e. The highest BCUT2D eigenvalue weighted by Crippen LogP contribution is 2.30. The SMILES string of the molecule is CC(C)N1CCN(c2cc(C(O)Nc3cc4cc(-c5cnn(C)c5CN5CCOCC5)ccc4cn3)ccn2)CC1. The second-order valence-corrected chi connectivity index (χ2v) is 11.3. The number of morpholine rings is 1. The number of hydrogen-bond acceptors (Lipinski definition) is 9. The van der Waals surface area contributed by atoms with Gasteiger partial charge in [0.05, 0.1) is 25.1 Å². The molecule has 6 rings (SSSR count). The van der Waals surface area contributed by atoms with Crippen LogP contribution >= 0.6 is 0 Å². The summed E-state index contributed by atoms with van der Waals surface area (Å²) in [5, 5.41) is 20.9.